The average molecular weight is 320 g/mol. The molecule has 0 atom stereocenters. The summed E-state index contributed by atoms with van der Waals surface area (Å²) in [6, 6.07) is 13.5. The zero-order valence-corrected chi connectivity index (χ0v) is 14.1. The normalized spacial score (nSPS) is 16.0. The van der Waals surface area contributed by atoms with Gasteiger partial charge in [0, 0.05) is 18.2 Å². The third-order valence-corrected chi connectivity index (χ3v) is 4.64. The molecule has 0 aromatic heterocycles. The number of hydrogen-bond acceptors (Lipinski definition) is 2. The molecule has 1 saturated carbocycles. The molecule has 22 heavy (non-hydrogen) atoms. The van der Waals surface area contributed by atoms with Crippen molar-refractivity contribution < 1.29 is 4.74 Å². The van der Waals surface area contributed by atoms with Crippen LogP contribution in [0.3, 0.4) is 0 Å². The van der Waals surface area contributed by atoms with Gasteiger partial charge in [-0.1, -0.05) is 56.0 Å². The van der Waals surface area contributed by atoms with E-state index in [-0.39, 0.29) is 12.4 Å². The molecule has 0 unspecified atom stereocenters. The average Bonchev–Trinajstić information content (AvgIpc) is 2.81. The molecule has 3 heteroatoms. The first-order chi connectivity index (χ1) is 10.4. The Balaban J connectivity index is 0.00000176. The summed E-state index contributed by atoms with van der Waals surface area (Å²) in [4.78, 5) is 0. The van der Waals surface area contributed by atoms with Crippen molar-refractivity contribution in [1.29, 1.82) is 0 Å². The van der Waals surface area contributed by atoms with Gasteiger partial charge < -0.3 is 10.1 Å². The molecule has 1 fully saturated rings. The van der Waals surface area contributed by atoms with Gasteiger partial charge in [-0.25, -0.2) is 0 Å². The Labute approximate surface area is 139 Å². The molecule has 0 bridgehead atoms. The van der Waals surface area contributed by atoms with Crippen LogP contribution < -0.4 is 10.1 Å². The predicted molar refractivity (Wildman–Crippen MR) is 96.1 cm³/mol. The summed E-state index contributed by atoms with van der Waals surface area (Å²) < 4.78 is 5.58. The Morgan fingerprint density at radius 2 is 1.73 bits per heavy atom. The molecule has 2 nitrogen and oxygen atoms in total. The van der Waals surface area contributed by atoms with E-state index in [4.69, 9.17) is 4.74 Å². The van der Waals surface area contributed by atoms with Gasteiger partial charge in [0.15, 0.2) is 0 Å². The fourth-order valence-electron chi connectivity index (χ4n) is 3.42. The van der Waals surface area contributed by atoms with Crippen molar-refractivity contribution in [2.75, 3.05) is 7.11 Å². The van der Waals surface area contributed by atoms with Crippen LogP contribution in [0.5, 0.6) is 5.75 Å². The van der Waals surface area contributed by atoms with E-state index < -0.39 is 0 Å². The Hall–Kier alpha value is -1.25. The Morgan fingerprint density at radius 1 is 1.00 bits per heavy atom. The van der Waals surface area contributed by atoms with Gasteiger partial charge in [0.1, 0.15) is 5.75 Å². The van der Waals surface area contributed by atoms with Crippen LogP contribution in [-0.2, 0) is 6.54 Å². The molecule has 3 rings (SSSR count). The van der Waals surface area contributed by atoms with E-state index in [1.165, 1.54) is 54.9 Å². The minimum absolute atomic E-state index is 0. The van der Waals surface area contributed by atoms with E-state index in [9.17, 15) is 0 Å². The topological polar surface area (TPSA) is 21.3 Å². The van der Waals surface area contributed by atoms with Gasteiger partial charge in [-0.15, -0.1) is 12.4 Å². The summed E-state index contributed by atoms with van der Waals surface area (Å²) >= 11 is 0. The van der Waals surface area contributed by atoms with Gasteiger partial charge in [0.2, 0.25) is 0 Å². The lowest BCUT2D eigenvalue weighted by atomic mass is 10.0. The Kier molecular flexibility index (Phi) is 6.53. The van der Waals surface area contributed by atoms with E-state index in [2.05, 4.69) is 41.7 Å². The maximum absolute atomic E-state index is 5.58. The molecular weight excluding hydrogens is 294 g/mol. The molecular formula is C19H26ClNO. The highest BCUT2D eigenvalue weighted by atomic mass is 35.5. The monoisotopic (exact) mass is 319 g/mol. The minimum Gasteiger partial charge on any atom is -0.496 e. The van der Waals surface area contributed by atoms with E-state index in [1.807, 2.05) is 0 Å². The number of nitrogens with one attached hydrogen (secondary N) is 1. The van der Waals surface area contributed by atoms with Crippen molar-refractivity contribution in [2.45, 2.75) is 51.1 Å². The van der Waals surface area contributed by atoms with Crippen LogP contribution in [0.2, 0.25) is 0 Å². The lowest BCUT2D eigenvalue weighted by Gasteiger charge is -2.18. The lowest BCUT2D eigenvalue weighted by molar-refractivity contribution is 0.402. The number of ether oxygens (including phenoxy) is 1. The molecule has 0 aliphatic heterocycles. The molecule has 0 radical (unpaired) electrons. The van der Waals surface area contributed by atoms with Crippen molar-refractivity contribution in [3.05, 3.63) is 42.0 Å². The summed E-state index contributed by atoms with van der Waals surface area (Å²) in [7, 11) is 1.76. The third kappa shape index (κ3) is 3.93. The fraction of sp³-hybridized carbons (Fsp3) is 0.474. The number of benzene rings is 2. The van der Waals surface area contributed by atoms with Gasteiger partial charge >= 0.3 is 0 Å². The van der Waals surface area contributed by atoms with E-state index in [0.29, 0.717) is 6.04 Å². The van der Waals surface area contributed by atoms with E-state index in [1.54, 1.807) is 7.11 Å². The molecule has 1 aliphatic carbocycles. The van der Waals surface area contributed by atoms with Gasteiger partial charge in [0.05, 0.1) is 7.11 Å². The zero-order valence-electron chi connectivity index (χ0n) is 13.3. The van der Waals surface area contributed by atoms with Crippen LogP contribution in [0, 0.1) is 0 Å². The number of rotatable bonds is 4. The molecule has 0 spiro atoms. The quantitative estimate of drug-likeness (QED) is 0.793. The van der Waals surface area contributed by atoms with E-state index >= 15 is 0 Å². The van der Waals surface area contributed by atoms with Crippen molar-refractivity contribution in [3.8, 4) is 5.75 Å². The largest absolute Gasteiger partial charge is 0.496 e. The summed E-state index contributed by atoms with van der Waals surface area (Å²) in [5.74, 6) is 0.995. The minimum atomic E-state index is 0. The SMILES string of the molecule is COc1ccc2ccccc2c1CNC1CCCCCC1.Cl. The van der Waals surface area contributed by atoms with Crippen molar-refractivity contribution in [3.63, 3.8) is 0 Å². The third-order valence-electron chi connectivity index (χ3n) is 4.64. The number of methoxy groups -OCH3 is 1. The summed E-state index contributed by atoms with van der Waals surface area (Å²) in [6.07, 6.45) is 8.15. The lowest BCUT2D eigenvalue weighted by Crippen LogP contribution is -2.28. The summed E-state index contributed by atoms with van der Waals surface area (Å²) in [6.45, 7) is 0.898. The molecule has 2 aromatic rings. The smallest absolute Gasteiger partial charge is 0.123 e. The van der Waals surface area contributed by atoms with Crippen LogP contribution >= 0.6 is 12.4 Å². The molecule has 2 aromatic carbocycles. The van der Waals surface area contributed by atoms with Crippen molar-refractivity contribution in [1.82, 2.24) is 5.32 Å². The number of halogens is 1. The first kappa shape index (κ1) is 17.1. The highest BCUT2D eigenvalue weighted by Gasteiger charge is 2.14. The van der Waals surface area contributed by atoms with Gasteiger partial charge in [0.25, 0.3) is 0 Å². The first-order valence-electron chi connectivity index (χ1n) is 8.16. The second-order valence-electron chi connectivity index (χ2n) is 6.04. The van der Waals surface area contributed by atoms with Crippen LogP contribution in [-0.4, -0.2) is 13.2 Å². The molecule has 1 aliphatic rings. The van der Waals surface area contributed by atoms with Gasteiger partial charge in [-0.2, -0.15) is 0 Å². The summed E-state index contributed by atoms with van der Waals surface area (Å²) in [5.41, 5.74) is 1.29. The Morgan fingerprint density at radius 3 is 2.45 bits per heavy atom. The van der Waals surface area contributed by atoms with Crippen LogP contribution in [0.25, 0.3) is 10.8 Å². The second kappa shape index (κ2) is 8.40. The maximum atomic E-state index is 5.58. The summed E-state index contributed by atoms with van der Waals surface area (Å²) in [5, 5.41) is 6.36. The second-order valence-corrected chi connectivity index (χ2v) is 6.04. The van der Waals surface area contributed by atoms with Crippen LogP contribution in [0.15, 0.2) is 36.4 Å². The van der Waals surface area contributed by atoms with Gasteiger partial charge in [-0.3, -0.25) is 0 Å². The first-order valence-corrected chi connectivity index (χ1v) is 8.16. The Bertz CT molecular complexity index is 591. The van der Waals surface area contributed by atoms with Crippen LogP contribution in [0.1, 0.15) is 44.1 Å². The maximum Gasteiger partial charge on any atom is 0.123 e. The number of hydrogen-bond donors (Lipinski definition) is 1. The fourth-order valence-corrected chi connectivity index (χ4v) is 3.42. The van der Waals surface area contributed by atoms with Gasteiger partial charge in [-0.05, 0) is 29.7 Å². The highest BCUT2D eigenvalue weighted by molar-refractivity contribution is 5.87. The predicted octanol–water partition coefficient (Wildman–Crippen LogP) is 5.08. The molecule has 1 N–H and O–H groups in total. The molecule has 0 saturated heterocycles. The number of fused-ring (bicyclic) bond motifs is 1. The van der Waals surface area contributed by atoms with E-state index in [0.717, 1.165) is 12.3 Å². The van der Waals surface area contributed by atoms with Crippen molar-refractivity contribution in [2.24, 2.45) is 0 Å². The molecule has 0 heterocycles. The standard InChI is InChI=1S/C19H25NO.ClH/c1-21-19-13-12-15-8-6-7-11-17(15)18(19)14-20-16-9-4-2-3-5-10-16;/h6-8,11-13,16,20H,2-5,9-10,14H2,1H3;1H. The highest BCUT2D eigenvalue weighted by Crippen LogP contribution is 2.28. The van der Waals surface area contributed by atoms with Crippen molar-refractivity contribution >= 4 is 23.2 Å². The zero-order chi connectivity index (χ0) is 14.5. The molecule has 0 amide bonds. The van der Waals surface area contributed by atoms with Crippen LogP contribution in [0.4, 0.5) is 0 Å². The molecule has 120 valence electrons.